The van der Waals surface area contributed by atoms with Gasteiger partial charge in [0.05, 0.1) is 15.3 Å². The van der Waals surface area contributed by atoms with E-state index >= 15 is 0 Å². The van der Waals surface area contributed by atoms with E-state index in [0.29, 0.717) is 23.0 Å². The van der Waals surface area contributed by atoms with Gasteiger partial charge in [-0.1, -0.05) is 29.3 Å². The highest BCUT2D eigenvalue weighted by Crippen LogP contribution is 2.44. The van der Waals surface area contributed by atoms with Crippen LogP contribution in [0.25, 0.3) is 0 Å². The van der Waals surface area contributed by atoms with Crippen molar-refractivity contribution in [1.82, 2.24) is 9.80 Å². The van der Waals surface area contributed by atoms with Gasteiger partial charge in [-0.2, -0.15) is 0 Å². The average molecular weight is 387 g/mol. The van der Waals surface area contributed by atoms with E-state index in [9.17, 15) is 9.59 Å². The number of carbonyl (C=O) groups is 2. The van der Waals surface area contributed by atoms with Crippen LogP contribution < -0.4 is 0 Å². The summed E-state index contributed by atoms with van der Waals surface area (Å²) in [5.41, 5.74) is 0.945. The van der Waals surface area contributed by atoms with Gasteiger partial charge in [-0.05, 0) is 37.5 Å². The van der Waals surface area contributed by atoms with Gasteiger partial charge >= 0.3 is 0 Å². The minimum atomic E-state index is -0.119. The highest BCUT2D eigenvalue weighted by molar-refractivity contribution is 8.01. The van der Waals surface area contributed by atoms with Gasteiger partial charge in [-0.25, -0.2) is 0 Å². The maximum atomic E-state index is 12.5. The van der Waals surface area contributed by atoms with Crippen molar-refractivity contribution in [3.63, 3.8) is 0 Å². The Morgan fingerprint density at radius 1 is 1.25 bits per heavy atom. The quantitative estimate of drug-likeness (QED) is 0.785. The van der Waals surface area contributed by atoms with Crippen LogP contribution in [0.3, 0.4) is 0 Å². The van der Waals surface area contributed by atoms with E-state index in [1.54, 1.807) is 22.7 Å². The van der Waals surface area contributed by atoms with Gasteiger partial charge in [0.1, 0.15) is 5.37 Å². The Hall–Kier alpha value is -0.910. The molecule has 0 aromatic heterocycles. The highest BCUT2D eigenvalue weighted by Gasteiger charge is 2.38. The molecule has 3 rings (SSSR count). The Kier molecular flexibility index (Phi) is 5.63. The molecule has 2 aliphatic rings. The minimum absolute atomic E-state index is 0.0743. The molecule has 0 spiro atoms. The molecule has 0 aliphatic carbocycles. The second-order valence-electron chi connectivity index (χ2n) is 6.17. The summed E-state index contributed by atoms with van der Waals surface area (Å²) in [5, 5.41) is 0.744. The summed E-state index contributed by atoms with van der Waals surface area (Å²) in [5.74, 6) is 0.211. The van der Waals surface area contributed by atoms with Gasteiger partial charge in [0.15, 0.2) is 0 Å². The van der Waals surface area contributed by atoms with Gasteiger partial charge in [0.25, 0.3) is 0 Å². The summed E-state index contributed by atoms with van der Waals surface area (Å²) in [6, 6.07) is 5.45. The van der Waals surface area contributed by atoms with Crippen molar-refractivity contribution >= 4 is 46.8 Å². The molecule has 2 saturated heterocycles. The van der Waals surface area contributed by atoms with Gasteiger partial charge in [-0.15, -0.1) is 11.8 Å². The number of halogens is 2. The van der Waals surface area contributed by atoms with E-state index in [1.807, 2.05) is 24.0 Å². The minimum Gasteiger partial charge on any atom is -0.343 e. The maximum Gasteiger partial charge on any atom is 0.236 e. The first-order chi connectivity index (χ1) is 11.5. The second kappa shape index (κ2) is 7.54. The van der Waals surface area contributed by atoms with E-state index in [-0.39, 0.29) is 22.4 Å². The number of rotatable bonds is 4. The molecular formula is C17H20Cl2N2O2S. The molecule has 0 N–H and O–H groups in total. The van der Waals surface area contributed by atoms with Gasteiger partial charge in [0, 0.05) is 26.1 Å². The van der Waals surface area contributed by atoms with Crippen LogP contribution in [-0.2, 0) is 9.59 Å². The van der Waals surface area contributed by atoms with Crippen LogP contribution in [0.4, 0.5) is 0 Å². The highest BCUT2D eigenvalue weighted by atomic mass is 35.5. The third kappa shape index (κ3) is 3.68. The van der Waals surface area contributed by atoms with E-state index in [1.165, 1.54) is 0 Å². The standard InChI is InChI=1S/C17H20Cl2N2O2S/c1-11-16(23)21(9-6-15(22)20-7-2-3-8-20)17(24-11)12-4-5-13(18)14(19)10-12/h4-5,10-11,17H,2-3,6-9H2,1H3/t11-,17-/m1/s1. The average Bonchev–Trinajstić information content (AvgIpc) is 3.18. The molecule has 2 aliphatic heterocycles. The van der Waals surface area contributed by atoms with E-state index in [2.05, 4.69) is 0 Å². The van der Waals surface area contributed by atoms with Crippen LogP contribution in [-0.4, -0.2) is 46.5 Å². The fourth-order valence-corrected chi connectivity index (χ4v) is 4.77. The zero-order valence-corrected chi connectivity index (χ0v) is 15.8. The summed E-state index contributed by atoms with van der Waals surface area (Å²) in [6.45, 7) is 4.03. The second-order valence-corrected chi connectivity index (χ2v) is 8.41. The van der Waals surface area contributed by atoms with Crippen molar-refractivity contribution in [2.45, 2.75) is 36.8 Å². The normalized spacial score (nSPS) is 24.0. The topological polar surface area (TPSA) is 40.6 Å². The zero-order chi connectivity index (χ0) is 17.3. The lowest BCUT2D eigenvalue weighted by atomic mass is 10.2. The van der Waals surface area contributed by atoms with Gasteiger partial charge in [-0.3, -0.25) is 9.59 Å². The third-order valence-corrected chi connectivity index (χ3v) is 6.63. The number of amides is 2. The number of carbonyl (C=O) groups excluding carboxylic acids is 2. The lowest BCUT2D eigenvalue weighted by Gasteiger charge is -2.25. The molecule has 2 fully saturated rings. The van der Waals surface area contributed by atoms with Gasteiger partial charge in [0.2, 0.25) is 11.8 Å². The van der Waals surface area contributed by atoms with Crippen LogP contribution in [0, 0.1) is 0 Å². The number of thioether (sulfide) groups is 1. The molecule has 4 nitrogen and oxygen atoms in total. The Morgan fingerprint density at radius 3 is 2.62 bits per heavy atom. The Morgan fingerprint density at radius 2 is 1.96 bits per heavy atom. The predicted molar refractivity (Wildman–Crippen MR) is 98.4 cm³/mol. The van der Waals surface area contributed by atoms with Crippen molar-refractivity contribution in [2.24, 2.45) is 0 Å². The molecule has 2 heterocycles. The van der Waals surface area contributed by atoms with Crippen molar-refractivity contribution in [3.8, 4) is 0 Å². The van der Waals surface area contributed by atoms with Crippen molar-refractivity contribution < 1.29 is 9.59 Å². The number of likely N-dealkylation sites (tertiary alicyclic amines) is 1. The number of nitrogens with zero attached hydrogens (tertiary/aromatic N) is 2. The summed E-state index contributed by atoms with van der Waals surface area (Å²) >= 11 is 13.7. The van der Waals surface area contributed by atoms with Crippen molar-refractivity contribution in [2.75, 3.05) is 19.6 Å². The number of hydrogen-bond acceptors (Lipinski definition) is 3. The monoisotopic (exact) mass is 386 g/mol. The maximum absolute atomic E-state index is 12.5. The predicted octanol–water partition coefficient (Wildman–Crippen LogP) is 3.97. The molecule has 7 heteroatoms. The van der Waals surface area contributed by atoms with Crippen LogP contribution in [0.5, 0.6) is 0 Å². The molecule has 24 heavy (non-hydrogen) atoms. The zero-order valence-electron chi connectivity index (χ0n) is 13.5. The Bertz CT molecular complexity index is 649. The van der Waals surface area contributed by atoms with Crippen LogP contribution in [0.2, 0.25) is 10.0 Å². The first-order valence-corrected chi connectivity index (χ1v) is 9.86. The molecule has 0 bridgehead atoms. The van der Waals surface area contributed by atoms with Crippen LogP contribution in [0.1, 0.15) is 37.1 Å². The lowest BCUT2D eigenvalue weighted by Crippen LogP contribution is -2.35. The van der Waals surface area contributed by atoms with E-state index < -0.39 is 0 Å². The summed E-state index contributed by atoms with van der Waals surface area (Å²) < 4.78 is 0. The van der Waals surface area contributed by atoms with Crippen molar-refractivity contribution in [3.05, 3.63) is 33.8 Å². The van der Waals surface area contributed by atoms with Crippen LogP contribution >= 0.6 is 35.0 Å². The van der Waals surface area contributed by atoms with E-state index in [0.717, 1.165) is 31.5 Å². The van der Waals surface area contributed by atoms with Crippen molar-refractivity contribution in [1.29, 1.82) is 0 Å². The first kappa shape index (κ1) is 17.9. The molecule has 0 radical (unpaired) electrons. The van der Waals surface area contributed by atoms with Crippen LogP contribution in [0.15, 0.2) is 18.2 Å². The fourth-order valence-electron chi connectivity index (χ4n) is 3.17. The number of hydrogen-bond donors (Lipinski definition) is 0. The van der Waals surface area contributed by atoms with E-state index in [4.69, 9.17) is 23.2 Å². The molecule has 0 unspecified atom stereocenters. The van der Waals surface area contributed by atoms with Gasteiger partial charge < -0.3 is 9.80 Å². The first-order valence-electron chi connectivity index (χ1n) is 8.16. The molecule has 2 atom stereocenters. The molecule has 1 aromatic carbocycles. The molecule has 1 aromatic rings. The number of benzene rings is 1. The lowest BCUT2D eigenvalue weighted by molar-refractivity contribution is -0.133. The third-order valence-electron chi connectivity index (χ3n) is 4.50. The summed E-state index contributed by atoms with van der Waals surface area (Å²) in [6.07, 6.45) is 2.52. The largest absolute Gasteiger partial charge is 0.343 e. The Labute approximate surface area is 156 Å². The molecular weight excluding hydrogens is 367 g/mol. The molecule has 130 valence electrons. The summed E-state index contributed by atoms with van der Waals surface area (Å²) in [7, 11) is 0. The SMILES string of the molecule is C[C@H]1S[C@H](c2ccc(Cl)c(Cl)c2)N(CCC(=O)N2CCCC2)C1=O. The fraction of sp³-hybridized carbons (Fsp3) is 0.529. The molecule has 0 saturated carbocycles. The summed E-state index contributed by atoms with van der Waals surface area (Å²) in [4.78, 5) is 28.5. The Balaban J connectivity index is 1.71. The molecule has 2 amide bonds. The smallest absolute Gasteiger partial charge is 0.236 e.